The van der Waals surface area contributed by atoms with Crippen molar-refractivity contribution in [2.75, 3.05) is 13.6 Å². The molecule has 2 rings (SSSR count). The minimum Gasteiger partial charge on any atom is -0.508 e. The van der Waals surface area contributed by atoms with E-state index in [0.29, 0.717) is 11.8 Å². The lowest BCUT2D eigenvalue weighted by molar-refractivity contribution is 0.473. The molecule has 0 amide bonds. The third-order valence-corrected chi connectivity index (χ3v) is 2.38. The molecule has 1 aromatic heterocycles. The number of nitrogens with one attached hydrogen (secondary N) is 1. The molecule has 0 aliphatic carbocycles. The van der Waals surface area contributed by atoms with Crippen LogP contribution in [0.3, 0.4) is 0 Å². The summed E-state index contributed by atoms with van der Waals surface area (Å²) < 4.78 is 5.51. The minimum atomic E-state index is 0.192. The highest BCUT2D eigenvalue weighted by Gasteiger charge is 2.08. The first-order valence-corrected chi connectivity index (χ1v) is 5.56. The van der Waals surface area contributed by atoms with Crippen LogP contribution in [-0.2, 0) is 6.42 Å². The van der Waals surface area contributed by atoms with E-state index < -0.39 is 0 Å². The Kier molecular flexibility index (Phi) is 3.72. The van der Waals surface area contributed by atoms with Crippen LogP contribution < -0.4 is 5.32 Å². The molecule has 2 aromatic rings. The summed E-state index contributed by atoms with van der Waals surface area (Å²) in [5.41, 5.74) is 0.734. The number of nitrogens with zero attached hydrogens (tertiary/aromatic N) is 2. The Morgan fingerprint density at radius 2 is 2.24 bits per heavy atom. The molecular formula is C12H15N3O2. The molecule has 0 atom stereocenters. The summed E-state index contributed by atoms with van der Waals surface area (Å²) in [7, 11) is 1.91. The van der Waals surface area contributed by atoms with E-state index >= 15 is 0 Å². The van der Waals surface area contributed by atoms with Crippen LogP contribution in [0.5, 0.6) is 5.75 Å². The Morgan fingerprint density at radius 3 is 3.00 bits per heavy atom. The maximum atomic E-state index is 9.36. The van der Waals surface area contributed by atoms with E-state index in [1.165, 1.54) is 0 Å². The largest absolute Gasteiger partial charge is 0.508 e. The van der Waals surface area contributed by atoms with Gasteiger partial charge in [-0.25, -0.2) is 0 Å². The van der Waals surface area contributed by atoms with Gasteiger partial charge in [0, 0.05) is 12.0 Å². The predicted molar refractivity (Wildman–Crippen MR) is 63.6 cm³/mol. The summed E-state index contributed by atoms with van der Waals surface area (Å²) in [4.78, 5) is 0. The monoisotopic (exact) mass is 233 g/mol. The van der Waals surface area contributed by atoms with Crippen molar-refractivity contribution in [3.63, 3.8) is 0 Å². The highest BCUT2D eigenvalue weighted by Crippen LogP contribution is 2.21. The van der Waals surface area contributed by atoms with E-state index in [1.807, 2.05) is 13.1 Å². The van der Waals surface area contributed by atoms with Crippen molar-refractivity contribution in [1.29, 1.82) is 0 Å². The molecule has 0 fully saturated rings. The van der Waals surface area contributed by atoms with Crippen molar-refractivity contribution in [3.05, 3.63) is 30.2 Å². The summed E-state index contributed by atoms with van der Waals surface area (Å²) in [6.45, 7) is 0.920. The van der Waals surface area contributed by atoms with Gasteiger partial charge in [0.15, 0.2) is 0 Å². The molecule has 0 unspecified atom stereocenters. The fourth-order valence-electron chi connectivity index (χ4n) is 1.53. The van der Waals surface area contributed by atoms with E-state index in [1.54, 1.807) is 18.2 Å². The molecule has 2 N–H and O–H groups in total. The SMILES string of the molecule is CNCCCc1nnc(-c2cccc(O)c2)o1. The first-order valence-electron chi connectivity index (χ1n) is 5.56. The Morgan fingerprint density at radius 1 is 1.35 bits per heavy atom. The lowest BCUT2D eigenvalue weighted by Crippen LogP contribution is -2.08. The van der Waals surface area contributed by atoms with E-state index in [0.717, 1.165) is 24.9 Å². The Bertz CT molecular complexity index is 482. The van der Waals surface area contributed by atoms with Crippen molar-refractivity contribution in [2.24, 2.45) is 0 Å². The van der Waals surface area contributed by atoms with Crippen molar-refractivity contribution in [3.8, 4) is 17.2 Å². The second kappa shape index (κ2) is 5.45. The third kappa shape index (κ3) is 3.04. The number of hydrogen-bond donors (Lipinski definition) is 2. The second-order valence-corrected chi connectivity index (χ2v) is 3.76. The highest BCUT2D eigenvalue weighted by atomic mass is 16.4. The molecule has 0 saturated heterocycles. The number of phenols is 1. The van der Waals surface area contributed by atoms with Crippen LogP contribution in [0.2, 0.25) is 0 Å². The lowest BCUT2D eigenvalue weighted by atomic mass is 10.2. The summed E-state index contributed by atoms with van der Waals surface area (Å²) >= 11 is 0. The molecule has 0 spiro atoms. The van der Waals surface area contributed by atoms with Crippen LogP contribution in [0.4, 0.5) is 0 Å². The minimum absolute atomic E-state index is 0.192. The summed E-state index contributed by atoms with van der Waals surface area (Å²) in [6.07, 6.45) is 1.71. The third-order valence-electron chi connectivity index (χ3n) is 2.38. The Labute approximate surface area is 99.5 Å². The molecule has 5 heteroatoms. The number of rotatable bonds is 5. The summed E-state index contributed by atoms with van der Waals surface area (Å²) in [5, 5.41) is 20.3. The van der Waals surface area contributed by atoms with Gasteiger partial charge in [0.25, 0.3) is 0 Å². The zero-order valence-corrected chi connectivity index (χ0v) is 9.68. The van der Waals surface area contributed by atoms with Crippen LogP contribution in [-0.4, -0.2) is 28.9 Å². The van der Waals surface area contributed by atoms with Crippen LogP contribution in [0.15, 0.2) is 28.7 Å². The number of aromatic hydroxyl groups is 1. The Hall–Kier alpha value is -1.88. The molecule has 1 heterocycles. The molecule has 0 saturated carbocycles. The molecule has 5 nitrogen and oxygen atoms in total. The maximum Gasteiger partial charge on any atom is 0.247 e. The van der Waals surface area contributed by atoms with Gasteiger partial charge in [0.1, 0.15) is 5.75 Å². The molecule has 1 aromatic carbocycles. The lowest BCUT2D eigenvalue weighted by Gasteiger charge is -1.96. The first-order chi connectivity index (χ1) is 8.29. The van der Waals surface area contributed by atoms with Gasteiger partial charge in [-0.2, -0.15) is 0 Å². The van der Waals surface area contributed by atoms with Gasteiger partial charge < -0.3 is 14.8 Å². The number of phenolic OH excluding ortho intramolecular Hbond substituents is 1. The van der Waals surface area contributed by atoms with Crippen LogP contribution in [0.1, 0.15) is 12.3 Å². The van der Waals surface area contributed by atoms with Crippen LogP contribution in [0, 0.1) is 0 Å². The predicted octanol–water partition coefficient (Wildman–Crippen LogP) is 1.59. The normalized spacial score (nSPS) is 10.6. The van der Waals surface area contributed by atoms with Crippen LogP contribution in [0.25, 0.3) is 11.5 Å². The Balaban J connectivity index is 2.07. The molecular weight excluding hydrogens is 218 g/mol. The molecule has 0 bridgehead atoms. The number of benzene rings is 1. The smallest absolute Gasteiger partial charge is 0.247 e. The van der Waals surface area contributed by atoms with E-state index in [9.17, 15) is 5.11 Å². The molecule has 0 radical (unpaired) electrons. The summed E-state index contributed by atoms with van der Waals surface area (Å²) in [6, 6.07) is 6.78. The zero-order chi connectivity index (χ0) is 12.1. The first kappa shape index (κ1) is 11.6. The van der Waals surface area contributed by atoms with Crippen LogP contribution >= 0.6 is 0 Å². The van der Waals surface area contributed by atoms with Gasteiger partial charge in [-0.15, -0.1) is 10.2 Å². The number of aromatic nitrogens is 2. The van der Waals surface area contributed by atoms with Gasteiger partial charge in [-0.3, -0.25) is 0 Å². The number of hydrogen-bond acceptors (Lipinski definition) is 5. The molecule has 0 aliphatic rings. The maximum absolute atomic E-state index is 9.36. The van der Waals surface area contributed by atoms with Gasteiger partial charge in [-0.1, -0.05) is 6.07 Å². The fourth-order valence-corrected chi connectivity index (χ4v) is 1.53. The van der Waals surface area contributed by atoms with Gasteiger partial charge in [-0.05, 0) is 38.2 Å². The van der Waals surface area contributed by atoms with Gasteiger partial charge >= 0.3 is 0 Å². The van der Waals surface area contributed by atoms with E-state index in [-0.39, 0.29) is 5.75 Å². The molecule has 0 aliphatic heterocycles. The topological polar surface area (TPSA) is 71.2 Å². The quantitative estimate of drug-likeness (QED) is 0.767. The van der Waals surface area contributed by atoms with E-state index in [4.69, 9.17) is 4.42 Å². The fraction of sp³-hybridized carbons (Fsp3) is 0.333. The highest BCUT2D eigenvalue weighted by molar-refractivity contribution is 5.54. The van der Waals surface area contributed by atoms with Gasteiger partial charge in [0.05, 0.1) is 0 Å². The van der Waals surface area contributed by atoms with Crippen molar-refractivity contribution in [1.82, 2.24) is 15.5 Å². The standard InChI is InChI=1S/C12H15N3O2/c1-13-7-3-6-11-14-15-12(17-11)9-4-2-5-10(16)8-9/h2,4-5,8,13,16H,3,6-7H2,1H3. The molecule has 90 valence electrons. The second-order valence-electron chi connectivity index (χ2n) is 3.76. The molecule has 17 heavy (non-hydrogen) atoms. The summed E-state index contributed by atoms with van der Waals surface area (Å²) in [5.74, 6) is 1.26. The zero-order valence-electron chi connectivity index (χ0n) is 9.68. The van der Waals surface area contributed by atoms with Gasteiger partial charge in [0.2, 0.25) is 11.8 Å². The number of aryl methyl sites for hydroxylation is 1. The van der Waals surface area contributed by atoms with Crippen molar-refractivity contribution >= 4 is 0 Å². The van der Waals surface area contributed by atoms with Crippen molar-refractivity contribution in [2.45, 2.75) is 12.8 Å². The average Bonchev–Trinajstić information content (AvgIpc) is 2.78. The van der Waals surface area contributed by atoms with Crippen molar-refractivity contribution < 1.29 is 9.52 Å². The average molecular weight is 233 g/mol. The van der Waals surface area contributed by atoms with E-state index in [2.05, 4.69) is 15.5 Å².